The molecule has 3 nitrogen and oxygen atoms in total. The van der Waals surface area contributed by atoms with Gasteiger partial charge in [-0.15, -0.1) is 0 Å². The lowest BCUT2D eigenvalue weighted by Gasteiger charge is -2.32. The third-order valence-electron chi connectivity index (χ3n) is 3.75. The maximum atomic E-state index is 6.03. The molecular formula is C16H23NO2. The average molecular weight is 261 g/mol. The van der Waals surface area contributed by atoms with Crippen molar-refractivity contribution in [2.75, 3.05) is 6.61 Å². The molecule has 2 atom stereocenters. The third-order valence-corrected chi connectivity index (χ3v) is 3.75. The topological polar surface area (TPSA) is 30.5 Å². The zero-order valence-electron chi connectivity index (χ0n) is 11.8. The Morgan fingerprint density at radius 2 is 2.21 bits per heavy atom. The van der Waals surface area contributed by atoms with Crippen LogP contribution in [0.15, 0.2) is 18.2 Å². The Morgan fingerprint density at radius 1 is 1.37 bits per heavy atom. The van der Waals surface area contributed by atoms with Gasteiger partial charge < -0.3 is 14.8 Å². The molecule has 104 valence electrons. The molecule has 1 fully saturated rings. The normalized spacial score (nSPS) is 25.6. The van der Waals surface area contributed by atoms with Gasteiger partial charge in [0.05, 0.1) is 12.7 Å². The van der Waals surface area contributed by atoms with Crippen LogP contribution in [0.5, 0.6) is 11.5 Å². The van der Waals surface area contributed by atoms with Gasteiger partial charge in [-0.25, -0.2) is 0 Å². The molecule has 1 aromatic rings. The van der Waals surface area contributed by atoms with E-state index in [0.29, 0.717) is 12.1 Å². The Labute approximate surface area is 115 Å². The van der Waals surface area contributed by atoms with Crippen LogP contribution in [0, 0.1) is 0 Å². The molecule has 2 unspecified atom stereocenters. The number of nitrogens with one attached hydrogen (secondary N) is 1. The van der Waals surface area contributed by atoms with Gasteiger partial charge in [0.25, 0.3) is 0 Å². The Morgan fingerprint density at radius 3 is 2.95 bits per heavy atom. The smallest absolute Gasteiger partial charge is 0.166 e. The molecule has 0 aromatic heterocycles. The minimum Gasteiger partial charge on any atom is -0.490 e. The molecule has 1 saturated carbocycles. The fraction of sp³-hybridized carbons (Fsp3) is 0.625. The molecule has 1 N–H and O–H groups in total. The van der Waals surface area contributed by atoms with Crippen LogP contribution in [0.4, 0.5) is 0 Å². The van der Waals surface area contributed by atoms with Crippen molar-refractivity contribution in [3.8, 4) is 11.5 Å². The molecule has 1 heterocycles. The van der Waals surface area contributed by atoms with E-state index in [2.05, 4.69) is 31.3 Å². The van der Waals surface area contributed by atoms with Gasteiger partial charge >= 0.3 is 0 Å². The van der Waals surface area contributed by atoms with Gasteiger partial charge in [-0.05, 0) is 32.3 Å². The number of hydrogen-bond donors (Lipinski definition) is 1. The van der Waals surface area contributed by atoms with Crippen LogP contribution < -0.4 is 14.8 Å². The van der Waals surface area contributed by atoms with Crippen molar-refractivity contribution in [1.29, 1.82) is 0 Å². The number of para-hydroxylation sites is 1. The van der Waals surface area contributed by atoms with Crippen molar-refractivity contribution in [1.82, 2.24) is 5.32 Å². The van der Waals surface area contributed by atoms with Crippen molar-refractivity contribution in [2.45, 2.75) is 57.7 Å². The predicted molar refractivity (Wildman–Crippen MR) is 75.8 cm³/mol. The number of fused-ring (bicyclic) bond motifs is 1. The lowest BCUT2D eigenvalue weighted by atomic mass is 9.96. The molecule has 3 rings (SSSR count). The zero-order valence-corrected chi connectivity index (χ0v) is 11.8. The van der Waals surface area contributed by atoms with E-state index in [0.717, 1.165) is 30.9 Å². The molecule has 3 heteroatoms. The maximum Gasteiger partial charge on any atom is 0.166 e. The first-order chi connectivity index (χ1) is 9.28. The molecule has 0 bridgehead atoms. The number of benzene rings is 1. The summed E-state index contributed by atoms with van der Waals surface area (Å²) in [7, 11) is 0. The Hall–Kier alpha value is -1.22. The summed E-state index contributed by atoms with van der Waals surface area (Å²) in [5, 5.41) is 3.73. The summed E-state index contributed by atoms with van der Waals surface area (Å²) in [5.41, 5.74) is 1.26. The SMILES string of the molecule is CCCOc1cccc2c1OC(C)CC2NC1CC1. The Bertz CT molecular complexity index is 442. The van der Waals surface area contributed by atoms with Gasteiger partial charge in [0, 0.05) is 24.1 Å². The number of hydrogen-bond acceptors (Lipinski definition) is 3. The van der Waals surface area contributed by atoms with Crippen molar-refractivity contribution in [3.63, 3.8) is 0 Å². The molecule has 2 aliphatic rings. The first-order valence-corrected chi connectivity index (χ1v) is 7.46. The van der Waals surface area contributed by atoms with Crippen molar-refractivity contribution >= 4 is 0 Å². The van der Waals surface area contributed by atoms with E-state index in [1.165, 1.54) is 18.4 Å². The molecule has 19 heavy (non-hydrogen) atoms. The highest BCUT2D eigenvalue weighted by Gasteiger charge is 2.32. The van der Waals surface area contributed by atoms with Crippen LogP contribution in [-0.4, -0.2) is 18.8 Å². The van der Waals surface area contributed by atoms with E-state index in [1.807, 2.05) is 6.07 Å². The summed E-state index contributed by atoms with van der Waals surface area (Å²) in [6, 6.07) is 7.38. The summed E-state index contributed by atoms with van der Waals surface area (Å²) in [6.07, 6.45) is 4.93. The van der Waals surface area contributed by atoms with Crippen LogP contribution in [0.1, 0.15) is 51.1 Å². The summed E-state index contributed by atoms with van der Waals surface area (Å²) in [5.74, 6) is 1.85. The van der Waals surface area contributed by atoms with Crippen LogP contribution in [0.25, 0.3) is 0 Å². The van der Waals surface area contributed by atoms with Gasteiger partial charge in [0.1, 0.15) is 0 Å². The average Bonchev–Trinajstić information content (AvgIpc) is 3.20. The van der Waals surface area contributed by atoms with E-state index < -0.39 is 0 Å². The van der Waals surface area contributed by atoms with Gasteiger partial charge in [0.15, 0.2) is 11.5 Å². The van der Waals surface area contributed by atoms with Gasteiger partial charge in [-0.3, -0.25) is 0 Å². The second-order valence-corrected chi connectivity index (χ2v) is 5.68. The van der Waals surface area contributed by atoms with Gasteiger partial charge in [0.2, 0.25) is 0 Å². The molecule has 1 aliphatic carbocycles. The molecule has 0 radical (unpaired) electrons. The lowest BCUT2D eigenvalue weighted by molar-refractivity contribution is 0.155. The second kappa shape index (κ2) is 5.41. The minimum atomic E-state index is 0.245. The van der Waals surface area contributed by atoms with E-state index in [-0.39, 0.29) is 6.10 Å². The van der Waals surface area contributed by atoms with E-state index >= 15 is 0 Å². The highest BCUT2D eigenvalue weighted by atomic mass is 16.5. The minimum absolute atomic E-state index is 0.245. The van der Waals surface area contributed by atoms with Crippen LogP contribution in [-0.2, 0) is 0 Å². The number of rotatable bonds is 5. The Kier molecular flexibility index (Phi) is 3.65. The quantitative estimate of drug-likeness (QED) is 0.880. The third kappa shape index (κ3) is 2.86. The first-order valence-electron chi connectivity index (χ1n) is 7.46. The van der Waals surface area contributed by atoms with Crippen molar-refractivity contribution in [2.24, 2.45) is 0 Å². The largest absolute Gasteiger partial charge is 0.490 e. The summed E-state index contributed by atoms with van der Waals surface area (Å²) < 4.78 is 11.8. The van der Waals surface area contributed by atoms with Crippen molar-refractivity contribution < 1.29 is 9.47 Å². The molecule has 1 aliphatic heterocycles. The van der Waals surface area contributed by atoms with Crippen LogP contribution in [0.2, 0.25) is 0 Å². The fourth-order valence-corrected chi connectivity index (χ4v) is 2.66. The Balaban J connectivity index is 1.86. The van der Waals surface area contributed by atoms with Crippen LogP contribution in [0.3, 0.4) is 0 Å². The van der Waals surface area contributed by atoms with Crippen LogP contribution >= 0.6 is 0 Å². The molecule has 1 aromatic carbocycles. The molecule has 0 amide bonds. The van der Waals surface area contributed by atoms with Gasteiger partial charge in [-0.1, -0.05) is 19.1 Å². The highest BCUT2D eigenvalue weighted by Crippen LogP contribution is 2.42. The standard InChI is InChI=1S/C16H23NO2/c1-3-9-18-15-6-4-5-13-14(17-12-7-8-12)10-11(2)19-16(13)15/h4-6,11-12,14,17H,3,7-10H2,1-2H3. The predicted octanol–water partition coefficient (Wildman–Crippen LogP) is 3.44. The summed E-state index contributed by atoms with van der Waals surface area (Å²) in [4.78, 5) is 0. The van der Waals surface area contributed by atoms with Gasteiger partial charge in [-0.2, -0.15) is 0 Å². The second-order valence-electron chi connectivity index (χ2n) is 5.68. The van der Waals surface area contributed by atoms with E-state index in [9.17, 15) is 0 Å². The van der Waals surface area contributed by atoms with E-state index in [4.69, 9.17) is 9.47 Å². The van der Waals surface area contributed by atoms with E-state index in [1.54, 1.807) is 0 Å². The number of ether oxygens (including phenoxy) is 2. The highest BCUT2D eigenvalue weighted by molar-refractivity contribution is 5.49. The molecule has 0 spiro atoms. The maximum absolute atomic E-state index is 6.03. The molecular weight excluding hydrogens is 238 g/mol. The summed E-state index contributed by atoms with van der Waals surface area (Å²) in [6.45, 7) is 5.01. The first kappa shape index (κ1) is 12.8. The van der Waals surface area contributed by atoms with Crippen molar-refractivity contribution in [3.05, 3.63) is 23.8 Å². The summed E-state index contributed by atoms with van der Waals surface area (Å²) >= 11 is 0. The lowest BCUT2D eigenvalue weighted by Crippen LogP contribution is -2.32. The fourth-order valence-electron chi connectivity index (χ4n) is 2.66. The monoisotopic (exact) mass is 261 g/mol. The zero-order chi connectivity index (χ0) is 13.2. The molecule has 0 saturated heterocycles.